The van der Waals surface area contributed by atoms with Crippen molar-refractivity contribution >= 4 is 55.7 Å². The Morgan fingerprint density at radius 2 is 2.03 bits per heavy atom. The first-order valence-corrected chi connectivity index (χ1v) is 10.9. The fourth-order valence-electron chi connectivity index (χ4n) is 3.82. The maximum atomic E-state index is 13.5. The Hall–Kier alpha value is -3.49. The third kappa shape index (κ3) is 3.68. The van der Waals surface area contributed by atoms with Gasteiger partial charge in [-0.15, -0.1) is 11.3 Å². The Morgan fingerprint density at radius 3 is 2.81 bits per heavy atom. The molecule has 9 heteroatoms. The van der Waals surface area contributed by atoms with Gasteiger partial charge >= 0.3 is 5.97 Å². The van der Waals surface area contributed by atoms with Crippen molar-refractivity contribution in [2.45, 2.75) is 13.0 Å². The molecule has 3 heterocycles. The van der Waals surface area contributed by atoms with Gasteiger partial charge in [0.2, 0.25) is 0 Å². The number of aliphatic carboxylic acids is 1. The van der Waals surface area contributed by atoms with Gasteiger partial charge in [0.1, 0.15) is 0 Å². The van der Waals surface area contributed by atoms with Crippen LogP contribution < -0.4 is 5.73 Å². The third-order valence-corrected chi connectivity index (χ3v) is 6.54. The van der Waals surface area contributed by atoms with Gasteiger partial charge < -0.3 is 15.4 Å². The Balaban J connectivity index is 1.65. The summed E-state index contributed by atoms with van der Waals surface area (Å²) in [6, 6.07) is 11.3. The Labute approximate surface area is 190 Å². The normalized spacial score (nSPS) is 11.4. The molecule has 0 saturated carbocycles. The first-order valence-electron chi connectivity index (χ1n) is 9.66. The lowest BCUT2D eigenvalue weighted by Gasteiger charge is -2.07. The molecule has 0 saturated heterocycles. The number of nitrogens with two attached hydrogens (primary N) is 1. The molecule has 6 nitrogen and oxygen atoms in total. The minimum Gasteiger partial charge on any atom is -0.481 e. The number of benzene rings is 2. The largest absolute Gasteiger partial charge is 0.481 e. The lowest BCUT2D eigenvalue weighted by Crippen LogP contribution is -2.00. The van der Waals surface area contributed by atoms with E-state index in [0.717, 1.165) is 32.7 Å². The maximum absolute atomic E-state index is 13.5. The number of carboxylic acid groups (broad SMARTS) is 1. The highest BCUT2D eigenvalue weighted by Gasteiger charge is 2.15. The van der Waals surface area contributed by atoms with Gasteiger partial charge in [-0.2, -0.15) is 0 Å². The number of nitrogen functional groups attached to an aromatic ring is 1. The van der Waals surface area contributed by atoms with Crippen molar-refractivity contribution < 1.29 is 14.3 Å². The third-order valence-electron chi connectivity index (χ3n) is 5.29. The van der Waals surface area contributed by atoms with E-state index in [-0.39, 0.29) is 12.2 Å². The number of nitrogens with zero attached hydrogens (tertiary/aromatic N) is 3. The summed E-state index contributed by atoms with van der Waals surface area (Å²) in [4.78, 5) is 19.5. The van der Waals surface area contributed by atoms with Gasteiger partial charge in [0.15, 0.2) is 17.5 Å². The molecule has 2 aromatic carbocycles. The van der Waals surface area contributed by atoms with Gasteiger partial charge in [0, 0.05) is 38.9 Å². The number of hydrogen-bond acceptors (Lipinski definition) is 5. The van der Waals surface area contributed by atoms with E-state index in [4.69, 9.17) is 17.3 Å². The zero-order chi connectivity index (χ0) is 22.4. The second kappa shape index (κ2) is 7.89. The summed E-state index contributed by atoms with van der Waals surface area (Å²) in [7, 11) is 0. The van der Waals surface area contributed by atoms with E-state index >= 15 is 0 Å². The summed E-state index contributed by atoms with van der Waals surface area (Å²) in [5.74, 6) is -1.51. The summed E-state index contributed by atoms with van der Waals surface area (Å²) in [6.07, 6.45) is 2.80. The Kier molecular flexibility index (Phi) is 5.03. The summed E-state index contributed by atoms with van der Waals surface area (Å²) in [6.45, 7) is 0.534. The molecule has 0 radical (unpaired) electrons. The van der Waals surface area contributed by atoms with Crippen LogP contribution in [0.1, 0.15) is 11.1 Å². The van der Waals surface area contributed by atoms with Crippen LogP contribution in [-0.2, 0) is 17.8 Å². The van der Waals surface area contributed by atoms with Crippen LogP contribution in [0.15, 0.2) is 54.2 Å². The fourth-order valence-corrected chi connectivity index (χ4v) is 4.93. The monoisotopic (exact) mass is 466 g/mol. The smallest absolute Gasteiger partial charge is 0.307 e. The summed E-state index contributed by atoms with van der Waals surface area (Å²) >= 11 is 7.83. The minimum atomic E-state index is -0.907. The number of carbonyl (C=O) groups is 1. The van der Waals surface area contributed by atoms with Crippen molar-refractivity contribution in [1.29, 1.82) is 0 Å². The van der Waals surface area contributed by atoms with Gasteiger partial charge in [-0.25, -0.2) is 14.4 Å². The number of aromatic nitrogens is 3. The number of hydrogen-bond donors (Lipinski definition) is 2. The van der Waals surface area contributed by atoms with Crippen LogP contribution >= 0.6 is 22.9 Å². The molecule has 32 heavy (non-hydrogen) atoms. The van der Waals surface area contributed by atoms with E-state index in [1.807, 2.05) is 41.1 Å². The van der Waals surface area contributed by atoms with E-state index < -0.39 is 11.8 Å². The summed E-state index contributed by atoms with van der Waals surface area (Å²) in [5.41, 5.74) is 8.88. The summed E-state index contributed by atoms with van der Waals surface area (Å²) in [5, 5.41) is 14.0. The fraction of sp³-hybridized carbons (Fsp3) is 0.0870. The van der Waals surface area contributed by atoms with Gasteiger partial charge in [0.25, 0.3) is 0 Å². The van der Waals surface area contributed by atoms with E-state index in [1.165, 1.54) is 0 Å². The lowest BCUT2D eigenvalue weighted by molar-refractivity contribution is -0.136. The minimum absolute atomic E-state index is 0.0982. The first-order chi connectivity index (χ1) is 15.4. The van der Waals surface area contributed by atoms with Crippen LogP contribution in [-0.4, -0.2) is 25.6 Å². The van der Waals surface area contributed by atoms with Crippen molar-refractivity contribution in [2.24, 2.45) is 0 Å². The SMILES string of the molecule is Nc1nc(-c2ccc3c(CC(=O)O)cn(Cc4csc5ccc(Cl)cc45)c3c2)ncc1F. The van der Waals surface area contributed by atoms with Gasteiger partial charge in [-0.05, 0) is 46.2 Å². The molecule has 0 atom stereocenters. The van der Waals surface area contributed by atoms with Crippen molar-refractivity contribution in [3.05, 3.63) is 76.1 Å². The predicted molar refractivity (Wildman–Crippen MR) is 125 cm³/mol. The van der Waals surface area contributed by atoms with Crippen LogP contribution in [0, 0.1) is 5.82 Å². The van der Waals surface area contributed by atoms with Crippen LogP contribution in [0.3, 0.4) is 0 Å². The van der Waals surface area contributed by atoms with Gasteiger partial charge in [-0.3, -0.25) is 4.79 Å². The van der Waals surface area contributed by atoms with Crippen molar-refractivity contribution in [3.8, 4) is 11.4 Å². The maximum Gasteiger partial charge on any atom is 0.307 e. The van der Waals surface area contributed by atoms with E-state index in [2.05, 4.69) is 15.3 Å². The number of anilines is 1. The molecule has 0 spiro atoms. The molecule has 0 aliphatic heterocycles. The average Bonchev–Trinajstić information content (AvgIpc) is 3.31. The molecule has 3 N–H and O–H groups in total. The lowest BCUT2D eigenvalue weighted by atomic mass is 10.1. The average molecular weight is 467 g/mol. The van der Waals surface area contributed by atoms with Crippen LogP contribution in [0.4, 0.5) is 10.2 Å². The number of rotatable bonds is 5. The molecule has 160 valence electrons. The Morgan fingerprint density at radius 1 is 1.19 bits per heavy atom. The predicted octanol–water partition coefficient (Wildman–Crippen LogP) is 5.36. The number of thiophene rings is 1. The molecule has 0 amide bonds. The zero-order valence-electron chi connectivity index (χ0n) is 16.5. The van der Waals surface area contributed by atoms with E-state index in [0.29, 0.717) is 28.5 Å². The molecule has 0 aliphatic rings. The molecule has 0 fully saturated rings. The van der Waals surface area contributed by atoms with E-state index in [1.54, 1.807) is 17.4 Å². The quantitative estimate of drug-likeness (QED) is 0.363. The molecule has 0 unspecified atom stereocenters. The second-order valence-electron chi connectivity index (χ2n) is 7.41. The van der Waals surface area contributed by atoms with Crippen molar-refractivity contribution in [1.82, 2.24) is 14.5 Å². The topological polar surface area (TPSA) is 94.0 Å². The highest BCUT2D eigenvalue weighted by atomic mass is 35.5. The first kappa shape index (κ1) is 20.4. The number of fused-ring (bicyclic) bond motifs is 2. The molecule has 3 aromatic heterocycles. The highest BCUT2D eigenvalue weighted by molar-refractivity contribution is 7.17. The molecule has 5 rings (SSSR count). The van der Waals surface area contributed by atoms with Gasteiger partial charge in [-0.1, -0.05) is 23.7 Å². The van der Waals surface area contributed by atoms with Crippen molar-refractivity contribution in [2.75, 3.05) is 5.73 Å². The summed E-state index contributed by atoms with van der Waals surface area (Å²) < 4.78 is 16.6. The van der Waals surface area contributed by atoms with Crippen molar-refractivity contribution in [3.63, 3.8) is 0 Å². The number of carboxylic acids is 1. The number of halogens is 2. The highest BCUT2D eigenvalue weighted by Crippen LogP contribution is 2.32. The van der Waals surface area contributed by atoms with Crippen LogP contribution in [0.25, 0.3) is 32.4 Å². The van der Waals surface area contributed by atoms with Crippen LogP contribution in [0.5, 0.6) is 0 Å². The molecular weight excluding hydrogens is 451 g/mol. The zero-order valence-corrected chi connectivity index (χ0v) is 18.1. The van der Waals surface area contributed by atoms with E-state index in [9.17, 15) is 14.3 Å². The Bertz CT molecular complexity index is 1510. The van der Waals surface area contributed by atoms with Gasteiger partial charge in [0.05, 0.1) is 12.6 Å². The molecule has 0 aliphatic carbocycles. The molecule has 0 bridgehead atoms. The molecular formula is C23H16ClFN4O2S. The van der Waals surface area contributed by atoms with Crippen LogP contribution in [0.2, 0.25) is 5.02 Å². The standard InChI is InChI=1S/C23H16ClFN4O2S/c24-15-2-4-20-17(7-15)14(11-32-20)10-29-9-13(6-21(30)31)16-3-1-12(5-19(16)29)23-27-8-18(25)22(26)28-23/h1-5,7-9,11H,6,10H2,(H,30,31)(H2,26,27,28). The molecule has 5 aromatic rings. The second-order valence-corrected chi connectivity index (χ2v) is 8.76.